The van der Waals surface area contributed by atoms with Crippen LogP contribution >= 0.6 is 0 Å². The summed E-state index contributed by atoms with van der Waals surface area (Å²) >= 11 is 0. The van der Waals surface area contributed by atoms with Gasteiger partial charge in [0.25, 0.3) is 0 Å². The highest BCUT2D eigenvalue weighted by atomic mass is 16.4. The van der Waals surface area contributed by atoms with E-state index in [1.807, 2.05) is 12.1 Å². The fourth-order valence-corrected chi connectivity index (χ4v) is 4.64. The molecule has 1 aliphatic carbocycles. The van der Waals surface area contributed by atoms with Crippen LogP contribution in [-0.4, -0.2) is 23.2 Å². The van der Waals surface area contributed by atoms with E-state index in [2.05, 4.69) is 42.6 Å². The molecule has 2 aromatic rings. The molecule has 0 saturated heterocycles. The van der Waals surface area contributed by atoms with Crippen LogP contribution in [0.4, 0.5) is 17.1 Å². The molecule has 6 nitrogen and oxygen atoms in total. The Bertz CT molecular complexity index is 955. The predicted molar refractivity (Wildman–Crippen MR) is 110 cm³/mol. The second-order valence-electron chi connectivity index (χ2n) is 7.82. The Morgan fingerprint density at radius 1 is 1.14 bits per heavy atom. The second-order valence-corrected chi connectivity index (χ2v) is 7.82. The van der Waals surface area contributed by atoms with E-state index in [0.29, 0.717) is 6.42 Å². The number of benzene rings is 2. The lowest BCUT2D eigenvalue weighted by molar-refractivity contribution is -0.136. The van der Waals surface area contributed by atoms with Crippen LogP contribution in [0.25, 0.3) is 0 Å². The van der Waals surface area contributed by atoms with Crippen LogP contribution < -0.4 is 15.6 Å². The zero-order chi connectivity index (χ0) is 20.0. The molecule has 6 heteroatoms. The minimum atomic E-state index is -0.782. The van der Waals surface area contributed by atoms with E-state index in [-0.39, 0.29) is 13.0 Å². The van der Waals surface area contributed by atoms with Gasteiger partial charge in [-0.25, -0.2) is 0 Å². The Kier molecular flexibility index (Phi) is 4.77. The summed E-state index contributed by atoms with van der Waals surface area (Å²) in [6.07, 6.45) is 3.85. The standard InChI is InChI=1S/C22H27N3O3/c1-13-9-15(7-8-20(27)28)14(2)22-21(13)24(3)23-25(22)18-10-16-5-4-6-19(16)17(11-18)12-26/h9-11,23,26H,4-8,12H2,1-3H3,(H,27,28). The molecule has 0 aromatic heterocycles. The van der Waals surface area contributed by atoms with Crippen LogP contribution in [-0.2, 0) is 30.7 Å². The Morgan fingerprint density at radius 3 is 2.64 bits per heavy atom. The summed E-state index contributed by atoms with van der Waals surface area (Å²) < 4.78 is 0. The predicted octanol–water partition coefficient (Wildman–Crippen LogP) is 3.31. The average Bonchev–Trinajstić information content (AvgIpc) is 3.27. The number of nitrogens with zero attached hydrogens (tertiary/aromatic N) is 2. The van der Waals surface area contributed by atoms with Gasteiger partial charge in [-0.15, -0.1) is 5.53 Å². The van der Waals surface area contributed by atoms with E-state index < -0.39 is 5.97 Å². The minimum Gasteiger partial charge on any atom is -0.481 e. The highest BCUT2D eigenvalue weighted by molar-refractivity contribution is 5.86. The third kappa shape index (κ3) is 3.02. The van der Waals surface area contributed by atoms with Gasteiger partial charge in [-0.1, -0.05) is 6.07 Å². The van der Waals surface area contributed by atoms with Gasteiger partial charge in [-0.2, -0.15) is 0 Å². The quantitative estimate of drug-likeness (QED) is 0.738. The molecule has 0 atom stereocenters. The van der Waals surface area contributed by atoms with Crippen molar-refractivity contribution < 1.29 is 15.0 Å². The summed E-state index contributed by atoms with van der Waals surface area (Å²) in [5, 5.41) is 23.0. The normalized spacial score (nSPS) is 15.1. The van der Waals surface area contributed by atoms with Crippen molar-refractivity contribution in [2.24, 2.45) is 0 Å². The number of aliphatic hydroxyl groups is 1. The van der Waals surface area contributed by atoms with Crippen LogP contribution in [0, 0.1) is 13.8 Å². The van der Waals surface area contributed by atoms with Gasteiger partial charge in [0.15, 0.2) is 0 Å². The molecular weight excluding hydrogens is 354 g/mol. The minimum absolute atomic E-state index is 0.0450. The number of carboxylic acid groups (broad SMARTS) is 1. The van der Waals surface area contributed by atoms with Gasteiger partial charge in [0.2, 0.25) is 0 Å². The van der Waals surface area contributed by atoms with Gasteiger partial charge < -0.3 is 10.2 Å². The maximum absolute atomic E-state index is 11.1. The highest BCUT2D eigenvalue weighted by Crippen LogP contribution is 2.44. The van der Waals surface area contributed by atoms with E-state index >= 15 is 0 Å². The van der Waals surface area contributed by atoms with Gasteiger partial charge in [0.05, 0.1) is 23.7 Å². The molecule has 0 bridgehead atoms. The van der Waals surface area contributed by atoms with Gasteiger partial charge in [-0.3, -0.25) is 14.8 Å². The lowest BCUT2D eigenvalue weighted by atomic mass is 9.96. The van der Waals surface area contributed by atoms with Gasteiger partial charge in [-0.05, 0) is 85.0 Å². The van der Waals surface area contributed by atoms with Crippen molar-refractivity contribution in [1.82, 2.24) is 5.53 Å². The number of carbonyl (C=O) groups is 1. The number of anilines is 3. The maximum atomic E-state index is 11.1. The number of nitrogens with one attached hydrogen (secondary N) is 1. The first-order chi connectivity index (χ1) is 13.4. The fourth-order valence-electron chi connectivity index (χ4n) is 4.64. The number of rotatable bonds is 5. The molecule has 2 aromatic carbocycles. The summed E-state index contributed by atoms with van der Waals surface area (Å²) in [6, 6.07) is 6.38. The second kappa shape index (κ2) is 7.11. The summed E-state index contributed by atoms with van der Waals surface area (Å²) in [6.45, 7) is 4.17. The monoisotopic (exact) mass is 381 g/mol. The molecule has 4 rings (SSSR count). The lowest BCUT2D eigenvalue weighted by Crippen LogP contribution is -2.39. The smallest absolute Gasteiger partial charge is 0.303 e. The number of aliphatic hydroxyl groups excluding tert-OH is 1. The van der Waals surface area contributed by atoms with E-state index in [4.69, 9.17) is 5.11 Å². The number of aryl methyl sites for hydroxylation is 3. The number of hydrazine groups is 2. The van der Waals surface area contributed by atoms with Crippen LogP contribution in [0.3, 0.4) is 0 Å². The van der Waals surface area contributed by atoms with Crippen molar-refractivity contribution in [3.8, 4) is 0 Å². The van der Waals surface area contributed by atoms with E-state index in [1.54, 1.807) is 0 Å². The Labute approximate surface area is 165 Å². The fraction of sp³-hybridized carbons (Fsp3) is 0.409. The molecule has 148 valence electrons. The van der Waals surface area contributed by atoms with Crippen molar-refractivity contribution in [2.75, 3.05) is 17.1 Å². The third-order valence-electron chi connectivity index (χ3n) is 5.96. The topological polar surface area (TPSA) is 76.0 Å². The molecule has 1 heterocycles. The van der Waals surface area contributed by atoms with E-state index in [1.165, 1.54) is 11.1 Å². The van der Waals surface area contributed by atoms with Crippen LogP contribution in [0.2, 0.25) is 0 Å². The zero-order valence-electron chi connectivity index (χ0n) is 16.7. The molecule has 0 unspecified atom stereocenters. The summed E-state index contributed by atoms with van der Waals surface area (Å²) in [5.41, 5.74) is 13.5. The van der Waals surface area contributed by atoms with Crippen LogP contribution in [0.15, 0.2) is 18.2 Å². The molecule has 1 aliphatic heterocycles. The molecule has 0 spiro atoms. The SMILES string of the molecule is Cc1cc(CCC(=O)O)c(C)c2c1N(C)NN2c1cc(CO)c2c(c1)CCC2. The average molecular weight is 381 g/mol. The molecule has 0 amide bonds. The molecule has 0 radical (unpaired) electrons. The first-order valence-electron chi connectivity index (χ1n) is 9.81. The number of fused-ring (bicyclic) bond motifs is 2. The van der Waals surface area contributed by atoms with Gasteiger partial charge >= 0.3 is 5.97 Å². The Hall–Kier alpha value is -2.57. The largest absolute Gasteiger partial charge is 0.481 e. The van der Waals surface area contributed by atoms with Gasteiger partial charge in [0.1, 0.15) is 0 Å². The molecule has 0 fully saturated rings. The number of carboxylic acids is 1. The number of aliphatic carboxylic acids is 1. The van der Waals surface area contributed by atoms with E-state index in [9.17, 15) is 9.90 Å². The first-order valence-corrected chi connectivity index (χ1v) is 9.81. The summed E-state index contributed by atoms with van der Waals surface area (Å²) in [4.78, 5) is 11.1. The number of hydrogen-bond acceptors (Lipinski definition) is 5. The lowest BCUT2D eigenvalue weighted by Gasteiger charge is -2.24. The maximum Gasteiger partial charge on any atom is 0.303 e. The van der Waals surface area contributed by atoms with Crippen molar-refractivity contribution in [2.45, 2.75) is 52.6 Å². The molecular formula is C22H27N3O3. The molecule has 3 N–H and O–H groups in total. The summed E-state index contributed by atoms with van der Waals surface area (Å²) in [5.74, 6) is -0.782. The first kappa shape index (κ1) is 18.8. The zero-order valence-corrected chi connectivity index (χ0v) is 16.7. The Morgan fingerprint density at radius 2 is 1.93 bits per heavy atom. The van der Waals surface area contributed by atoms with E-state index in [0.717, 1.165) is 58.6 Å². The highest BCUT2D eigenvalue weighted by Gasteiger charge is 2.30. The van der Waals surface area contributed by atoms with Gasteiger partial charge in [0, 0.05) is 13.5 Å². The van der Waals surface area contributed by atoms with Crippen LogP contribution in [0.5, 0.6) is 0 Å². The van der Waals surface area contributed by atoms with Crippen molar-refractivity contribution in [1.29, 1.82) is 0 Å². The molecule has 2 aliphatic rings. The Balaban J connectivity index is 1.82. The van der Waals surface area contributed by atoms with Crippen molar-refractivity contribution in [3.05, 3.63) is 51.6 Å². The third-order valence-corrected chi connectivity index (χ3v) is 5.96. The van der Waals surface area contributed by atoms with Crippen molar-refractivity contribution in [3.63, 3.8) is 0 Å². The molecule has 0 saturated carbocycles. The van der Waals surface area contributed by atoms with Crippen LogP contribution in [0.1, 0.15) is 46.2 Å². The summed E-state index contributed by atoms with van der Waals surface area (Å²) in [7, 11) is 1.99. The molecule has 28 heavy (non-hydrogen) atoms. The number of hydrogen-bond donors (Lipinski definition) is 3. The van der Waals surface area contributed by atoms with Crippen molar-refractivity contribution >= 4 is 23.0 Å².